The molecular formula is C16H13NO2. The molecule has 3 heteroatoms. The van der Waals surface area contributed by atoms with Crippen molar-refractivity contribution in [1.82, 2.24) is 4.57 Å². The van der Waals surface area contributed by atoms with Crippen LogP contribution >= 0.6 is 0 Å². The Hall–Kier alpha value is -2.55. The number of aromatic hydroxyl groups is 1. The number of hydrogen-bond donors (Lipinski definition) is 1. The lowest BCUT2D eigenvalue weighted by Crippen LogP contribution is -2.16. The minimum absolute atomic E-state index is 0.0605. The highest BCUT2D eigenvalue weighted by atomic mass is 16.3. The second-order valence-electron chi connectivity index (χ2n) is 4.55. The van der Waals surface area contributed by atoms with Crippen molar-refractivity contribution in [2.45, 2.75) is 0 Å². The highest BCUT2D eigenvalue weighted by Gasteiger charge is 2.09. The molecule has 0 atom stereocenters. The summed E-state index contributed by atoms with van der Waals surface area (Å²) in [6.07, 6.45) is 1.80. The number of aryl methyl sites for hydroxylation is 1. The van der Waals surface area contributed by atoms with Crippen LogP contribution in [0.25, 0.3) is 21.9 Å². The summed E-state index contributed by atoms with van der Waals surface area (Å²) in [5, 5.41) is 11.0. The predicted molar refractivity (Wildman–Crippen MR) is 76.3 cm³/mol. The SMILES string of the molecule is Cn1cc(-c2ccccc2)c2cc(O)ccc2c1=O. The third-order valence-corrected chi connectivity index (χ3v) is 3.25. The van der Waals surface area contributed by atoms with Gasteiger partial charge < -0.3 is 9.67 Å². The van der Waals surface area contributed by atoms with E-state index in [1.165, 1.54) is 0 Å². The van der Waals surface area contributed by atoms with Crippen LogP contribution in [-0.2, 0) is 7.05 Å². The van der Waals surface area contributed by atoms with Crippen LogP contribution in [-0.4, -0.2) is 9.67 Å². The lowest BCUT2D eigenvalue weighted by molar-refractivity contribution is 0.476. The van der Waals surface area contributed by atoms with Crippen LogP contribution in [0.3, 0.4) is 0 Å². The van der Waals surface area contributed by atoms with Crippen LogP contribution in [0.4, 0.5) is 0 Å². The molecule has 0 bridgehead atoms. The van der Waals surface area contributed by atoms with Gasteiger partial charge in [-0.25, -0.2) is 0 Å². The molecule has 3 aromatic rings. The molecule has 0 unspecified atom stereocenters. The largest absolute Gasteiger partial charge is 0.508 e. The first-order valence-electron chi connectivity index (χ1n) is 6.04. The van der Waals surface area contributed by atoms with E-state index in [1.54, 1.807) is 36.0 Å². The van der Waals surface area contributed by atoms with Crippen LogP contribution in [0.5, 0.6) is 5.75 Å². The van der Waals surface area contributed by atoms with Crippen molar-refractivity contribution in [3.63, 3.8) is 0 Å². The Morgan fingerprint density at radius 3 is 2.47 bits per heavy atom. The van der Waals surface area contributed by atoms with Gasteiger partial charge in [-0.2, -0.15) is 0 Å². The van der Waals surface area contributed by atoms with Gasteiger partial charge in [0, 0.05) is 29.6 Å². The van der Waals surface area contributed by atoms with Crippen molar-refractivity contribution in [3.05, 3.63) is 65.1 Å². The Morgan fingerprint density at radius 2 is 1.74 bits per heavy atom. The van der Waals surface area contributed by atoms with E-state index in [0.717, 1.165) is 16.5 Å². The lowest BCUT2D eigenvalue weighted by atomic mass is 10.0. The molecule has 94 valence electrons. The number of rotatable bonds is 1. The zero-order valence-electron chi connectivity index (χ0n) is 10.5. The van der Waals surface area contributed by atoms with Gasteiger partial charge in [-0.15, -0.1) is 0 Å². The van der Waals surface area contributed by atoms with Gasteiger partial charge >= 0.3 is 0 Å². The van der Waals surface area contributed by atoms with Crippen molar-refractivity contribution in [2.75, 3.05) is 0 Å². The van der Waals surface area contributed by atoms with E-state index in [2.05, 4.69) is 0 Å². The lowest BCUT2D eigenvalue weighted by Gasteiger charge is -2.09. The molecule has 3 nitrogen and oxygen atoms in total. The molecule has 0 radical (unpaired) electrons. The number of phenolic OH excluding ortho intramolecular Hbond substituents is 1. The van der Waals surface area contributed by atoms with E-state index >= 15 is 0 Å². The summed E-state index contributed by atoms with van der Waals surface area (Å²) < 4.78 is 1.57. The topological polar surface area (TPSA) is 42.2 Å². The van der Waals surface area contributed by atoms with Crippen molar-refractivity contribution >= 4 is 10.8 Å². The smallest absolute Gasteiger partial charge is 0.258 e. The molecule has 1 heterocycles. The fourth-order valence-corrected chi connectivity index (χ4v) is 2.30. The van der Waals surface area contributed by atoms with Gasteiger partial charge in [0.15, 0.2) is 0 Å². The molecule has 0 saturated heterocycles. The van der Waals surface area contributed by atoms with E-state index in [-0.39, 0.29) is 11.3 Å². The summed E-state index contributed by atoms with van der Waals surface area (Å²) in [6.45, 7) is 0. The quantitative estimate of drug-likeness (QED) is 0.722. The molecule has 2 aromatic carbocycles. The summed E-state index contributed by atoms with van der Waals surface area (Å²) >= 11 is 0. The molecule has 1 N–H and O–H groups in total. The fourth-order valence-electron chi connectivity index (χ4n) is 2.30. The monoisotopic (exact) mass is 251 g/mol. The summed E-state index contributed by atoms with van der Waals surface area (Å²) in [4.78, 5) is 12.1. The van der Waals surface area contributed by atoms with Crippen LogP contribution in [0.2, 0.25) is 0 Å². The number of hydrogen-bond acceptors (Lipinski definition) is 2. The Kier molecular flexibility index (Phi) is 2.60. The van der Waals surface area contributed by atoms with E-state index in [0.29, 0.717) is 5.39 Å². The molecule has 0 fully saturated rings. The molecule has 0 aliphatic heterocycles. The minimum Gasteiger partial charge on any atom is -0.508 e. The molecule has 0 saturated carbocycles. The maximum absolute atomic E-state index is 12.1. The molecule has 0 spiro atoms. The van der Waals surface area contributed by atoms with Crippen molar-refractivity contribution in [3.8, 4) is 16.9 Å². The second-order valence-corrected chi connectivity index (χ2v) is 4.55. The third kappa shape index (κ3) is 1.89. The van der Waals surface area contributed by atoms with Gasteiger partial charge in [0.25, 0.3) is 5.56 Å². The second kappa shape index (κ2) is 4.28. The Balaban J connectivity index is 2.45. The standard InChI is InChI=1S/C16H13NO2/c1-17-10-15(11-5-3-2-4-6-11)14-9-12(18)7-8-13(14)16(17)19/h2-10,18H,1H3. The molecular weight excluding hydrogens is 238 g/mol. The molecule has 0 amide bonds. The molecule has 3 rings (SSSR count). The van der Waals surface area contributed by atoms with Gasteiger partial charge in [0.05, 0.1) is 0 Å². The number of phenols is 1. The summed E-state index contributed by atoms with van der Waals surface area (Å²) in [5.41, 5.74) is 1.90. The molecule has 0 aliphatic rings. The van der Waals surface area contributed by atoms with Crippen molar-refractivity contribution in [1.29, 1.82) is 0 Å². The van der Waals surface area contributed by atoms with Crippen LogP contribution in [0, 0.1) is 0 Å². The number of benzene rings is 2. The van der Waals surface area contributed by atoms with Gasteiger partial charge in [-0.1, -0.05) is 30.3 Å². The van der Waals surface area contributed by atoms with E-state index in [9.17, 15) is 9.90 Å². The first kappa shape index (κ1) is 11.5. The van der Waals surface area contributed by atoms with Crippen molar-refractivity contribution in [2.24, 2.45) is 7.05 Å². The van der Waals surface area contributed by atoms with Crippen molar-refractivity contribution < 1.29 is 5.11 Å². The van der Waals surface area contributed by atoms with E-state index < -0.39 is 0 Å². The van der Waals surface area contributed by atoms with Crippen LogP contribution in [0.15, 0.2) is 59.5 Å². The first-order chi connectivity index (χ1) is 9.16. The zero-order valence-corrected chi connectivity index (χ0v) is 10.5. The third-order valence-electron chi connectivity index (χ3n) is 3.25. The average molecular weight is 251 g/mol. The Bertz CT molecular complexity index is 804. The average Bonchev–Trinajstić information content (AvgIpc) is 2.43. The molecule has 0 aliphatic carbocycles. The van der Waals surface area contributed by atoms with Gasteiger partial charge in [0.1, 0.15) is 5.75 Å². The molecule has 19 heavy (non-hydrogen) atoms. The Labute approximate surface area is 110 Å². The first-order valence-corrected chi connectivity index (χ1v) is 6.04. The maximum atomic E-state index is 12.1. The van der Waals surface area contributed by atoms with Gasteiger partial charge in [0.2, 0.25) is 0 Å². The number of aromatic nitrogens is 1. The number of fused-ring (bicyclic) bond motifs is 1. The predicted octanol–water partition coefficient (Wildman–Crippen LogP) is 2.91. The number of nitrogens with zero attached hydrogens (tertiary/aromatic N) is 1. The number of pyridine rings is 1. The zero-order chi connectivity index (χ0) is 13.4. The summed E-state index contributed by atoms with van der Waals surface area (Å²) in [5.74, 6) is 0.165. The minimum atomic E-state index is -0.0605. The summed E-state index contributed by atoms with van der Waals surface area (Å²) in [6, 6.07) is 14.7. The van der Waals surface area contributed by atoms with Crippen LogP contribution < -0.4 is 5.56 Å². The van der Waals surface area contributed by atoms with E-state index in [1.807, 2.05) is 30.3 Å². The van der Waals surface area contributed by atoms with Gasteiger partial charge in [-0.05, 0) is 23.8 Å². The highest BCUT2D eigenvalue weighted by molar-refractivity contribution is 5.96. The van der Waals surface area contributed by atoms with E-state index in [4.69, 9.17) is 0 Å². The molecule has 1 aromatic heterocycles. The Morgan fingerprint density at radius 1 is 1.00 bits per heavy atom. The fraction of sp³-hybridized carbons (Fsp3) is 0.0625. The van der Waals surface area contributed by atoms with Gasteiger partial charge in [-0.3, -0.25) is 4.79 Å². The van der Waals surface area contributed by atoms with Crippen LogP contribution in [0.1, 0.15) is 0 Å². The summed E-state index contributed by atoms with van der Waals surface area (Å²) in [7, 11) is 1.74. The maximum Gasteiger partial charge on any atom is 0.258 e. The highest BCUT2D eigenvalue weighted by Crippen LogP contribution is 2.28. The normalized spacial score (nSPS) is 10.8.